The number of carbonyl (C=O) groups is 2. The highest BCUT2D eigenvalue weighted by atomic mass is 16.6. The lowest BCUT2D eigenvalue weighted by molar-refractivity contribution is 0.00162. The quantitative estimate of drug-likeness (QED) is 0.163. The summed E-state index contributed by atoms with van der Waals surface area (Å²) in [7, 11) is 0. The Morgan fingerprint density at radius 3 is 1.68 bits per heavy atom. The van der Waals surface area contributed by atoms with Gasteiger partial charge in [-0.25, -0.2) is 9.59 Å². The van der Waals surface area contributed by atoms with Crippen molar-refractivity contribution >= 4 is 11.9 Å². The summed E-state index contributed by atoms with van der Waals surface area (Å²) in [5.41, 5.74) is 1.04. The van der Waals surface area contributed by atoms with E-state index in [0.29, 0.717) is 17.5 Å². The molecule has 0 saturated heterocycles. The summed E-state index contributed by atoms with van der Waals surface area (Å²) >= 11 is 0. The molecule has 0 aliphatic carbocycles. The van der Waals surface area contributed by atoms with E-state index in [0.717, 1.165) is 24.7 Å². The number of benzene rings is 2. The number of rotatable bonds is 16. The van der Waals surface area contributed by atoms with Crippen molar-refractivity contribution in [3.63, 3.8) is 0 Å². The van der Waals surface area contributed by atoms with E-state index in [1.807, 2.05) is 26.0 Å². The van der Waals surface area contributed by atoms with Crippen molar-refractivity contribution in [3.8, 4) is 0 Å². The lowest BCUT2D eigenvalue weighted by Crippen LogP contribution is -2.25. The van der Waals surface area contributed by atoms with E-state index in [9.17, 15) is 9.59 Å². The van der Waals surface area contributed by atoms with Gasteiger partial charge in [-0.1, -0.05) is 102 Å². The van der Waals surface area contributed by atoms with E-state index in [2.05, 4.69) is 33.4 Å². The van der Waals surface area contributed by atoms with Gasteiger partial charge in [0, 0.05) is 6.42 Å². The Morgan fingerprint density at radius 1 is 0.737 bits per heavy atom. The summed E-state index contributed by atoms with van der Waals surface area (Å²) in [6.07, 6.45) is 11.7. The molecule has 0 aliphatic rings. The second-order valence-corrected chi connectivity index (χ2v) is 10.1. The third-order valence-electron chi connectivity index (χ3n) is 6.71. The molecule has 0 bridgehead atoms. The van der Waals surface area contributed by atoms with Crippen LogP contribution in [0.1, 0.15) is 113 Å². The highest BCUT2D eigenvalue weighted by molar-refractivity contribution is 5.90. The van der Waals surface area contributed by atoms with E-state index in [1.165, 1.54) is 38.5 Å². The molecule has 4 atom stereocenters. The van der Waals surface area contributed by atoms with Crippen LogP contribution in [0.2, 0.25) is 0 Å². The van der Waals surface area contributed by atoms with Crippen molar-refractivity contribution in [1.82, 2.24) is 0 Å². The van der Waals surface area contributed by atoms with Crippen molar-refractivity contribution in [2.24, 2.45) is 11.8 Å². The van der Waals surface area contributed by atoms with Crippen molar-refractivity contribution in [2.75, 3.05) is 0 Å². The fourth-order valence-corrected chi connectivity index (χ4v) is 4.61. The van der Waals surface area contributed by atoms with Gasteiger partial charge in [-0.2, -0.15) is 0 Å². The van der Waals surface area contributed by atoms with Crippen LogP contribution in [0.3, 0.4) is 0 Å². The molecule has 0 fully saturated rings. The maximum Gasteiger partial charge on any atom is 0.338 e. The SMILES string of the molecule is C=CC(CCC)CC(CC)CCC.CCCC(CC(C)OC(=O)c1ccccc1)OC(=O)c1ccccc1. The first-order chi connectivity index (χ1) is 18.4. The number of hydrogen-bond donors (Lipinski definition) is 0. The molecule has 0 heterocycles. The predicted octanol–water partition coefficient (Wildman–Crippen LogP) is 9.45. The zero-order valence-electron chi connectivity index (χ0n) is 24.4. The molecule has 0 aliphatic heterocycles. The van der Waals surface area contributed by atoms with Gasteiger partial charge in [-0.15, -0.1) is 6.58 Å². The standard InChI is InChI=1S/C21H24O4.C13H26/c1-3-10-19(25-21(23)18-13-8-5-9-14-18)15-16(2)24-20(22)17-11-6-4-7-12-17;1-5-9-12(7-3)11-13(8-4)10-6-2/h4-9,11-14,16,19H,3,10,15H2,1-2H3;7,12-13H,3,5-6,8-11H2,1-2,4H3. The topological polar surface area (TPSA) is 52.6 Å². The van der Waals surface area contributed by atoms with Gasteiger partial charge >= 0.3 is 11.9 Å². The summed E-state index contributed by atoms with van der Waals surface area (Å²) in [6, 6.07) is 17.8. The Bertz CT molecular complexity index is 893. The van der Waals surface area contributed by atoms with Gasteiger partial charge in [-0.05, 0) is 62.3 Å². The number of hydrogen-bond acceptors (Lipinski definition) is 4. The van der Waals surface area contributed by atoms with Crippen molar-refractivity contribution < 1.29 is 19.1 Å². The molecule has 0 spiro atoms. The number of esters is 2. The molecule has 2 rings (SSSR count). The van der Waals surface area contributed by atoms with Crippen LogP contribution in [0.5, 0.6) is 0 Å². The normalized spacial score (nSPS) is 13.7. The Hall–Kier alpha value is -2.88. The Balaban J connectivity index is 0.000000471. The monoisotopic (exact) mass is 522 g/mol. The van der Waals surface area contributed by atoms with Gasteiger partial charge < -0.3 is 9.47 Å². The fourth-order valence-electron chi connectivity index (χ4n) is 4.61. The molecule has 4 heteroatoms. The van der Waals surface area contributed by atoms with Crippen LogP contribution in [0.15, 0.2) is 73.3 Å². The van der Waals surface area contributed by atoms with Crippen LogP contribution < -0.4 is 0 Å². The van der Waals surface area contributed by atoms with Crippen LogP contribution in [-0.2, 0) is 9.47 Å². The predicted molar refractivity (Wildman–Crippen MR) is 158 cm³/mol. The zero-order chi connectivity index (χ0) is 28.2. The molecule has 2 aromatic carbocycles. The Kier molecular flexibility index (Phi) is 17.6. The minimum Gasteiger partial charge on any atom is -0.459 e. The molecule has 0 aromatic heterocycles. The molecule has 0 N–H and O–H groups in total. The van der Waals surface area contributed by atoms with Gasteiger partial charge in [0.1, 0.15) is 12.2 Å². The smallest absolute Gasteiger partial charge is 0.338 e. The minimum absolute atomic E-state index is 0.281. The van der Waals surface area contributed by atoms with Gasteiger partial charge in [0.15, 0.2) is 0 Å². The Morgan fingerprint density at radius 2 is 1.24 bits per heavy atom. The highest BCUT2D eigenvalue weighted by Gasteiger charge is 2.21. The number of carbonyl (C=O) groups excluding carboxylic acids is 2. The molecular weight excluding hydrogens is 472 g/mol. The van der Waals surface area contributed by atoms with Crippen LogP contribution in [0.25, 0.3) is 0 Å². The molecule has 4 unspecified atom stereocenters. The van der Waals surface area contributed by atoms with Crippen molar-refractivity contribution in [3.05, 3.63) is 84.4 Å². The maximum absolute atomic E-state index is 12.2. The average Bonchev–Trinajstić information content (AvgIpc) is 2.93. The lowest BCUT2D eigenvalue weighted by atomic mass is 9.87. The largest absolute Gasteiger partial charge is 0.459 e. The minimum atomic E-state index is -0.363. The summed E-state index contributed by atoms with van der Waals surface area (Å²) < 4.78 is 11.1. The van der Waals surface area contributed by atoms with E-state index in [-0.39, 0.29) is 24.1 Å². The molecule has 38 heavy (non-hydrogen) atoms. The summed E-state index contributed by atoms with van der Waals surface area (Å²) in [5.74, 6) is 0.986. The molecule has 210 valence electrons. The number of allylic oxidation sites excluding steroid dienone is 1. The zero-order valence-corrected chi connectivity index (χ0v) is 24.4. The molecule has 0 saturated carbocycles. The maximum atomic E-state index is 12.2. The van der Waals surface area contributed by atoms with E-state index < -0.39 is 0 Å². The number of ether oxygens (including phenoxy) is 2. The van der Waals surface area contributed by atoms with Crippen LogP contribution in [0, 0.1) is 11.8 Å². The summed E-state index contributed by atoms with van der Waals surface area (Å²) in [6.45, 7) is 14.6. The molecule has 0 radical (unpaired) electrons. The van der Waals surface area contributed by atoms with Gasteiger partial charge in [0.25, 0.3) is 0 Å². The third kappa shape index (κ3) is 13.6. The van der Waals surface area contributed by atoms with E-state index in [1.54, 1.807) is 48.5 Å². The summed E-state index contributed by atoms with van der Waals surface area (Å²) in [5, 5.41) is 0. The third-order valence-corrected chi connectivity index (χ3v) is 6.71. The van der Waals surface area contributed by atoms with E-state index in [4.69, 9.17) is 9.47 Å². The van der Waals surface area contributed by atoms with Crippen molar-refractivity contribution in [2.45, 2.75) is 105 Å². The van der Waals surface area contributed by atoms with Gasteiger partial charge in [0.05, 0.1) is 11.1 Å². The van der Waals surface area contributed by atoms with Gasteiger partial charge in [0.2, 0.25) is 0 Å². The Labute approximate surface area is 231 Å². The second-order valence-electron chi connectivity index (χ2n) is 10.1. The van der Waals surface area contributed by atoms with Gasteiger partial charge in [-0.3, -0.25) is 0 Å². The van der Waals surface area contributed by atoms with Crippen LogP contribution >= 0.6 is 0 Å². The molecule has 4 nitrogen and oxygen atoms in total. The molecule has 2 aromatic rings. The first-order valence-corrected chi connectivity index (χ1v) is 14.5. The van der Waals surface area contributed by atoms with Crippen molar-refractivity contribution in [1.29, 1.82) is 0 Å². The first kappa shape index (κ1) is 33.1. The first-order valence-electron chi connectivity index (χ1n) is 14.5. The average molecular weight is 523 g/mol. The molecule has 0 amide bonds. The fraction of sp³-hybridized carbons (Fsp3) is 0.529. The van der Waals surface area contributed by atoms with Crippen LogP contribution in [0.4, 0.5) is 0 Å². The van der Waals surface area contributed by atoms with E-state index >= 15 is 0 Å². The second kappa shape index (κ2) is 20.1. The summed E-state index contributed by atoms with van der Waals surface area (Å²) in [4.78, 5) is 24.3. The van der Waals surface area contributed by atoms with Crippen LogP contribution in [-0.4, -0.2) is 24.1 Å². The molecular formula is C34H50O4. The highest BCUT2D eigenvalue weighted by Crippen LogP contribution is 2.24. The lowest BCUT2D eigenvalue weighted by Gasteiger charge is -2.21.